The Labute approximate surface area is 328 Å². The maximum absolute atomic E-state index is 13.9. The topological polar surface area (TPSA) is 152 Å². The van der Waals surface area contributed by atoms with Crippen molar-refractivity contribution in [3.05, 3.63) is 122 Å². The standard InChI is InChI=1S/C44H54N6O6/c1-7-10-31(8-2)32-11-13-34-21-37(43(52)49(39(34)23-32)17-19-55-9-3)26-46-29(4)28-56-20-18-50-40-24-33(36-15-16-41(54-6)48-25-36)12-14-35(40)22-38(44(50)53)27-47-30(5)42(45)51/h7-8,10-16,21-25,29-30,46-47H,9,17-20,26-28H2,1-6H3,(H2,45,51)/b10-7-,31-8+. The number of carbonyl (C=O) groups is 1. The van der Waals surface area contributed by atoms with E-state index >= 15 is 0 Å². The zero-order valence-corrected chi connectivity index (χ0v) is 33.3. The van der Waals surface area contributed by atoms with Crippen LogP contribution in [0.15, 0.2) is 94.7 Å². The predicted octanol–water partition coefficient (Wildman–Crippen LogP) is 5.56. The number of hydrogen-bond acceptors (Lipinski definition) is 9. The van der Waals surface area contributed by atoms with Gasteiger partial charge in [-0.25, -0.2) is 4.98 Å². The Morgan fingerprint density at radius 3 is 2.05 bits per heavy atom. The molecule has 56 heavy (non-hydrogen) atoms. The van der Waals surface area contributed by atoms with E-state index < -0.39 is 11.9 Å². The quantitative estimate of drug-likeness (QED) is 0.0684. The summed E-state index contributed by atoms with van der Waals surface area (Å²) in [5.41, 5.74) is 11.9. The minimum Gasteiger partial charge on any atom is -0.481 e. The van der Waals surface area contributed by atoms with Gasteiger partial charge in [-0.2, -0.15) is 0 Å². The van der Waals surface area contributed by atoms with Crippen LogP contribution in [0.25, 0.3) is 38.5 Å². The molecular formula is C44H54N6O6. The number of nitrogens with two attached hydrogens (primary N) is 1. The first kappa shape index (κ1) is 41.8. The fraction of sp³-hybridized carbons (Fsp3) is 0.364. The maximum atomic E-state index is 13.9. The number of pyridine rings is 3. The summed E-state index contributed by atoms with van der Waals surface area (Å²) in [6.07, 6.45) is 7.87. The van der Waals surface area contributed by atoms with E-state index in [-0.39, 0.29) is 30.3 Å². The summed E-state index contributed by atoms with van der Waals surface area (Å²) in [6, 6.07) is 19.0. The molecule has 4 N–H and O–H groups in total. The number of hydrogen-bond donors (Lipinski definition) is 3. The lowest BCUT2D eigenvalue weighted by atomic mass is 10.0. The molecule has 296 valence electrons. The third-order valence-corrected chi connectivity index (χ3v) is 9.77. The van der Waals surface area contributed by atoms with Crippen molar-refractivity contribution in [2.24, 2.45) is 5.73 Å². The van der Waals surface area contributed by atoms with Gasteiger partial charge in [0.05, 0.1) is 44.0 Å². The highest BCUT2D eigenvalue weighted by Gasteiger charge is 2.16. The van der Waals surface area contributed by atoms with Gasteiger partial charge < -0.3 is 39.7 Å². The van der Waals surface area contributed by atoms with E-state index in [4.69, 9.17) is 19.9 Å². The summed E-state index contributed by atoms with van der Waals surface area (Å²) in [5, 5.41) is 8.35. The molecule has 3 heterocycles. The third kappa shape index (κ3) is 10.3. The van der Waals surface area contributed by atoms with Gasteiger partial charge in [-0.1, -0.05) is 42.5 Å². The van der Waals surface area contributed by atoms with Crippen LogP contribution in [0.3, 0.4) is 0 Å². The van der Waals surface area contributed by atoms with Gasteiger partial charge in [0.15, 0.2) is 0 Å². The zero-order chi connectivity index (χ0) is 40.2. The molecule has 0 saturated heterocycles. The molecule has 2 atom stereocenters. The number of aromatic nitrogens is 3. The highest BCUT2D eigenvalue weighted by molar-refractivity contribution is 5.87. The fourth-order valence-corrected chi connectivity index (χ4v) is 6.55. The van der Waals surface area contributed by atoms with Crippen LogP contribution in [0.1, 0.15) is 51.3 Å². The maximum Gasteiger partial charge on any atom is 0.255 e. The van der Waals surface area contributed by atoms with Crippen LogP contribution in [0.4, 0.5) is 0 Å². The Hall–Kier alpha value is -5.40. The lowest BCUT2D eigenvalue weighted by molar-refractivity contribution is -0.119. The summed E-state index contributed by atoms with van der Waals surface area (Å²) in [4.78, 5) is 43.7. The van der Waals surface area contributed by atoms with Gasteiger partial charge in [0.25, 0.3) is 11.1 Å². The second-order valence-corrected chi connectivity index (χ2v) is 13.7. The minimum atomic E-state index is -0.596. The number of rotatable bonds is 20. The molecular weight excluding hydrogens is 709 g/mol. The SMILES string of the molecule is C/C=C\C(=C/C)c1ccc2cc(CNC(C)COCCn3c(=O)c(CNC(C)C(N)=O)cc4ccc(-c5ccc(OC)nc5)cc43)c(=O)n(CCOCC)c2c1. The van der Waals surface area contributed by atoms with Gasteiger partial charge in [0.2, 0.25) is 11.8 Å². The second kappa shape index (κ2) is 20.0. The van der Waals surface area contributed by atoms with E-state index in [2.05, 4.69) is 46.0 Å². The predicted molar refractivity (Wildman–Crippen MR) is 224 cm³/mol. The number of primary amides is 1. The van der Waals surface area contributed by atoms with Crippen molar-refractivity contribution in [3.63, 3.8) is 0 Å². The summed E-state index contributed by atoms with van der Waals surface area (Å²) in [6.45, 7) is 12.5. The highest BCUT2D eigenvalue weighted by Crippen LogP contribution is 2.26. The van der Waals surface area contributed by atoms with Crippen molar-refractivity contribution in [2.75, 3.05) is 33.5 Å². The number of allylic oxidation sites excluding steroid dienone is 4. The number of fused-ring (bicyclic) bond motifs is 2. The first-order valence-electron chi connectivity index (χ1n) is 19.1. The molecule has 12 nitrogen and oxygen atoms in total. The minimum absolute atomic E-state index is 0.0568. The molecule has 2 unspecified atom stereocenters. The van der Waals surface area contributed by atoms with E-state index in [1.807, 2.05) is 74.7 Å². The summed E-state index contributed by atoms with van der Waals surface area (Å²) in [7, 11) is 1.57. The van der Waals surface area contributed by atoms with E-state index in [0.29, 0.717) is 56.5 Å². The van der Waals surface area contributed by atoms with Crippen molar-refractivity contribution in [1.82, 2.24) is 24.8 Å². The van der Waals surface area contributed by atoms with Crippen LogP contribution in [0.2, 0.25) is 0 Å². The molecule has 0 aliphatic carbocycles. The van der Waals surface area contributed by atoms with Crippen LogP contribution >= 0.6 is 0 Å². The van der Waals surface area contributed by atoms with Crippen molar-refractivity contribution in [3.8, 4) is 17.0 Å². The molecule has 3 aromatic heterocycles. The number of methoxy groups -OCH3 is 1. The van der Waals surface area contributed by atoms with Gasteiger partial charge in [-0.05, 0) is 92.4 Å². The van der Waals surface area contributed by atoms with Crippen LogP contribution in [0.5, 0.6) is 5.88 Å². The molecule has 2 aromatic carbocycles. The lowest BCUT2D eigenvalue weighted by Crippen LogP contribution is -2.40. The van der Waals surface area contributed by atoms with Gasteiger partial charge in [0.1, 0.15) is 0 Å². The van der Waals surface area contributed by atoms with E-state index in [1.165, 1.54) is 0 Å². The van der Waals surface area contributed by atoms with Crippen molar-refractivity contribution >= 4 is 33.3 Å². The van der Waals surface area contributed by atoms with Crippen LogP contribution in [0, 0.1) is 0 Å². The number of nitrogens with zero attached hydrogens (tertiary/aromatic N) is 3. The molecule has 5 aromatic rings. The summed E-state index contributed by atoms with van der Waals surface area (Å²) < 4.78 is 20.5. The first-order valence-corrected chi connectivity index (χ1v) is 19.1. The molecule has 12 heteroatoms. The number of ether oxygens (including phenoxy) is 3. The fourth-order valence-electron chi connectivity index (χ4n) is 6.55. The molecule has 0 aliphatic heterocycles. The van der Waals surface area contributed by atoms with Crippen LogP contribution < -0.4 is 32.2 Å². The number of benzene rings is 2. The average Bonchev–Trinajstić information content (AvgIpc) is 3.21. The molecule has 0 fully saturated rings. The van der Waals surface area contributed by atoms with Gasteiger partial charge in [0, 0.05) is 67.8 Å². The molecule has 5 rings (SSSR count). The monoisotopic (exact) mass is 762 g/mol. The second-order valence-electron chi connectivity index (χ2n) is 13.7. The van der Waals surface area contributed by atoms with Gasteiger partial charge in [-0.15, -0.1) is 0 Å². The zero-order valence-electron chi connectivity index (χ0n) is 33.3. The summed E-state index contributed by atoms with van der Waals surface area (Å²) in [5.74, 6) is 0.0180. The Morgan fingerprint density at radius 1 is 0.839 bits per heavy atom. The van der Waals surface area contributed by atoms with Crippen LogP contribution in [-0.2, 0) is 40.4 Å². The Kier molecular flexibility index (Phi) is 14.9. The number of carbonyl (C=O) groups excluding carboxylic acids is 1. The summed E-state index contributed by atoms with van der Waals surface area (Å²) >= 11 is 0. The number of amides is 1. The van der Waals surface area contributed by atoms with E-state index in [9.17, 15) is 14.4 Å². The highest BCUT2D eigenvalue weighted by atomic mass is 16.5. The van der Waals surface area contributed by atoms with Gasteiger partial charge in [-0.3, -0.25) is 14.4 Å². The molecule has 0 saturated carbocycles. The van der Waals surface area contributed by atoms with Crippen molar-refractivity contribution in [1.29, 1.82) is 0 Å². The molecule has 0 spiro atoms. The van der Waals surface area contributed by atoms with E-state index in [0.717, 1.165) is 44.1 Å². The largest absolute Gasteiger partial charge is 0.481 e. The third-order valence-electron chi connectivity index (χ3n) is 9.77. The normalized spacial score (nSPS) is 13.1. The molecule has 1 amide bonds. The lowest BCUT2D eigenvalue weighted by Gasteiger charge is -2.18. The van der Waals surface area contributed by atoms with Crippen LogP contribution in [-0.4, -0.2) is 65.6 Å². The first-order chi connectivity index (χ1) is 27.1. The molecule has 0 radical (unpaired) electrons. The van der Waals surface area contributed by atoms with E-state index in [1.54, 1.807) is 30.9 Å². The smallest absolute Gasteiger partial charge is 0.255 e. The Bertz CT molecular complexity index is 2310. The average molecular weight is 763 g/mol. The Balaban J connectivity index is 1.31. The molecule has 0 aliphatic rings. The number of nitrogens with one attached hydrogen (secondary N) is 2. The van der Waals surface area contributed by atoms with Crippen molar-refractivity contribution < 1.29 is 19.0 Å². The molecule has 0 bridgehead atoms. The Morgan fingerprint density at radius 2 is 1.46 bits per heavy atom. The van der Waals surface area contributed by atoms with Crippen molar-refractivity contribution in [2.45, 2.75) is 72.9 Å². The van der Waals surface area contributed by atoms with Gasteiger partial charge >= 0.3 is 0 Å².